The summed E-state index contributed by atoms with van der Waals surface area (Å²) in [6.07, 6.45) is 0. The maximum absolute atomic E-state index is 11.1. The topological polar surface area (TPSA) is 69.7 Å². The molecule has 5 heteroatoms. The Morgan fingerprint density at radius 2 is 1.58 bits per heavy atom. The molecule has 0 bridgehead atoms. The smallest absolute Gasteiger partial charge is 0.331 e. The number of carbonyl (C=O) groups is 3. The lowest BCUT2D eigenvalue weighted by atomic mass is 10.0. The third-order valence-corrected chi connectivity index (χ3v) is 2.68. The molecule has 100 valence electrons. The minimum absolute atomic E-state index is 0.564. The second kappa shape index (κ2) is 4.50. The highest BCUT2D eigenvalue weighted by Gasteiger charge is 2.45. The van der Waals surface area contributed by atoms with Crippen LogP contribution in [0.2, 0.25) is 0 Å². The van der Waals surface area contributed by atoms with Gasteiger partial charge in [-0.25, -0.2) is 0 Å². The molecule has 5 nitrogen and oxygen atoms in total. The number of Topliss-reactive ketones (excluding diaryl/α,β-unsaturated/α-hetero) is 1. The molecular formula is C14H14O5. The van der Waals surface area contributed by atoms with Gasteiger partial charge in [0, 0.05) is 13.8 Å². The largest absolute Gasteiger partial charge is 0.422 e. The Morgan fingerprint density at radius 1 is 1.11 bits per heavy atom. The Kier molecular flexibility index (Phi) is 3.14. The first kappa shape index (κ1) is 13.3. The SMILES string of the molecule is CC(=O)C1C(=O)OC(C)(C)OC1=O.c1cc2cc-2c1. The average Bonchev–Trinajstić information content (AvgIpc) is 2.83. The molecule has 3 rings (SSSR count). The van der Waals surface area contributed by atoms with Crippen LogP contribution in [0.4, 0.5) is 0 Å². The number of benzene rings is 1. The summed E-state index contributed by atoms with van der Waals surface area (Å²) in [6.45, 7) is 4.00. The maximum Gasteiger partial charge on any atom is 0.331 e. The molecule has 0 spiro atoms. The molecule has 1 aliphatic heterocycles. The quantitative estimate of drug-likeness (QED) is 0.578. The second-order valence-corrected chi connectivity index (χ2v) is 4.87. The Labute approximate surface area is 110 Å². The fraction of sp³-hybridized carbons (Fsp3) is 0.357. The fourth-order valence-electron chi connectivity index (χ4n) is 1.73. The Hall–Kier alpha value is -2.17. The van der Waals surface area contributed by atoms with Crippen molar-refractivity contribution in [3.05, 3.63) is 24.3 Å². The molecule has 0 aromatic rings. The zero-order valence-electron chi connectivity index (χ0n) is 10.9. The van der Waals surface area contributed by atoms with E-state index in [9.17, 15) is 14.4 Å². The van der Waals surface area contributed by atoms with Gasteiger partial charge in [-0.05, 0) is 24.1 Å². The van der Waals surface area contributed by atoms with E-state index in [-0.39, 0.29) is 0 Å². The van der Waals surface area contributed by atoms with Crippen LogP contribution in [0.25, 0.3) is 11.1 Å². The minimum Gasteiger partial charge on any atom is -0.422 e. The average molecular weight is 262 g/mol. The fourth-order valence-corrected chi connectivity index (χ4v) is 1.73. The van der Waals surface area contributed by atoms with Crippen LogP contribution < -0.4 is 0 Å². The summed E-state index contributed by atoms with van der Waals surface area (Å²) in [6, 6.07) is 8.48. The van der Waals surface area contributed by atoms with Gasteiger partial charge in [0.2, 0.25) is 5.92 Å². The number of carbonyl (C=O) groups excluding carboxylic acids is 3. The van der Waals surface area contributed by atoms with E-state index in [0.717, 1.165) is 6.92 Å². The van der Waals surface area contributed by atoms with Gasteiger partial charge >= 0.3 is 11.9 Å². The number of cyclic esters (lactones) is 2. The monoisotopic (exact) mass is 262 g/mol. The number of esters is 2. The summed E-state index contributed by atoms with van der Waals surface area (Å²) in [7, 11) is 0. The molecule has 19 heavy (non-hydrogen) atoms. The van der Waals surface area contributed by atoms with E-state index >= 15 is 0 Å². The van der Waals surface area contributed by atoms with Crippen LogP contribution in [-0.2, 0) is 23.9 Å². The highest BCUT2D eigenvalue weighted by Crippen LogP contribution is 2.32. The number of ketones is 1. The van der Waals surface area contributed by atoms with Crippen LogP contribution in [0.15, 0.2) is 24.3 Å². The molecule has 1 heterocycles. The lowest BCUT2D eigenvalue weighted by molar-refractivity contribution is -0.238. The summed E-state index contributed by atoms with van der Waals surface area (Å²) < 4.78 is 9.43. The number of fused-ring (bicyclic) bond motifs is 1. The molecule has 2 aliphatic carbocycles. The van der Waals surface area contributed by atoms with Crippen molar-refractivity contribution in [3.8, 4) is 11.1 Å². The zero-order valence-corrected chi connectivity index (χ0v) is 10.9. The summed E-state index contributed by atoms with van der Waals surface area (Å²) in [5.74, 6) is -4.92. The summed E-state index contributed by atoms with van der Waals surface area (Å²) in [4.78, 5) is 33.1. The normalized spacial score (nSPS) is 18.7. The van der Waals surface area contributed by atoms with Crippen LogP contribution in [0.5, 0.6) is 0 Å². The minimum atomic E-state index is -1.41. The first-order valence-corrected chi connectivity index (χ1v) is 5.87. The van der Waals surface area contributed by atoms with Gasteiger partial charge in [-0.2, -0.15) is 0 Å². The number of hydrogen-bond acceptors (Lipinski definition) is 5. The van der Waals surface area contributed by atoms with Crippen molar-refractivity contribution in [1.29, 1.82) is 0 Å². The molecule has 0 aromatic carbocycles. The number of ether oxygens (including phenoxy) is 2. The molecule has 0 N–H and O–H groups in total. The third-order valence-electron chi connectivity index (χ3n) is 2.68. The van der Waals surface area contributed by atoms with Crippen molar-refractivity contribution in [2.24, 2.45) is 5.92 Å². The highest BCUT2D eigenvalue weighted by molar-refractivity contribution is 6.15. The van der Waals surface area contributed by atoms with Gasteiger partial charge in [0.1, 0.15) is 0 Å². The molecule has 3 aliphatic rings. The predicted octanol–water partition coefficient (Wildman–Crippen LogP) is 1.69. The van der Waals surface area contributed by atoms with Crippen LogP contribution in [0, 0.1) is 5.92 Å². The van der Waals surface area contributed by atoms with Crippen molar-refractivity contribution in [3.63, 3.8) is 0 Å². The van der Waals surface area contributed by atoms with Crippen LogP contribution in [0.1, 0.15) is 20.8 Å². The second-order valence-electron chi connectivity index (χ2n) is 4.87. The van der Waals surface area contributed by atoms with Gasteiger partial charge in [0.25, 0.3) is 5.79 Å². The van der Waals surface area contributed by atoms with Crippen molar-refractivity contribution in [1.82, 2.24) is 0 Å². The number of hydrogen-bond donors (Lipinski definition) is 0. The van der Waals surface area contributed by atoms with E-state index < -0.39 is 29.4 Å². The Morgan fingerprint density at radius 3 is 1.84 bits per heavy atom. The lowest BCUT2D eigenvalue weighted by Gasteiger charge is -2.31. The predicted molar refractivity (Wildman–Crippen MR) is 65.9 cm³/mol. The molecule has 0 unspecified atom stereocenters. The molecule has 0 aromatic heterocycles. The molecule has 0 atom stereocenters. The van der Waals surface area contributed by atoms with Gasteiger partial charge < -0.3 is 9.47 Å². The Bertz CT molecular complexity index is 521. The van der Waals surface area contributed by atoms with E-state index in [0.29, 0.717) is 0 Å². The molecule has 1 saturated heterocycles. The van der Waals surface area contributed by atoms with Gasteiger partial charge in [0.05, 0.1) is 0 Å². The van der Waals surface area contributed by atoms with Crippen molar-refractivity contribution in [2.45, 2.75) is 26.6 Å². The molecule has 1 fully saturated rings. The van der Waals surface area contributed by atoms with E-state index in [1.807, 2.05) is 0 Å². The molecule has 0 radical (unpaired) electrons. The summed E-state index contributed by atoms with van der Waals surface area (Å²) in [5, 5.41) is 0. The molecular weight excluding hydrogens is 248 g/mol. The van der Waals surface area contributed by atoms with Crippen LogP contribution in [0.3, 0.4) is 0 Å². The third kappa shape index (κ3) is 2.99. The first-order chi connectivity index (χ1) is 8.80. The van der Waals surface area contributed by atoms with E-state index in [2.05, 4.69) is 24.3 Å². The van der Waals surface area contributed by atoms with Gasteiger partial charge in [-0.3, -0.25) is 14.4 Å². The number of rotatable bonds is 1. The van der Waals surface area contributed by atoms with E-state index in [4.69, 9.17) is 9.47 Å². The van der Waals surface area contributed by atoms with Gasteiger partial charge in [-0.1, -0.05) is 18.2 Å². The van der Waals surface area contributed by atoms with E-state index in [1.165, 1.54) is 25.0 Å². The zero-order chi connectivity index (χ0) is 14.2. The maximum atomic E-state index is 11.1. The molecule has 0 saturated carbocycles. The standard InChI is InChI=1S/C8H10O5.C6H4/c1-4(9)5-6(10)12-8(2,3)13-7(5)11;1-2-5-4-6(5)3-1/h5H,1-3H3;1-4H. The van der Waals surface area contributed by atoms with Crippen molar-refractivity contribution < 1.29 is 23.9 Å². The van der Waals surface area contributed by atoms with E-state index in [1.54, 1.807) is 0 Å². The lowest BCUT2D eigenvalue weighted by Crippen LogP contribution is -2.48. The van der Waals surface area contributed by atoms with Crippen molar-refractivity contribution in [2.75, 3.05) is 0 Å². The summed E-state index contributed by atoms with van der Waals surface area (Å²) >= 11 is 0. The van der Waals surface area contributed by atoms with Gasteiger partial charge in [-0.15, -0.1) is 0 Å². The van der Waals surface area contributed by atoms with Crippen molar-refractivity contribution >= 4 is 17.7 Å². The summed E-state index contributed by atoms with van der Waals surface area (Å²) in [5.41, 5.74) is 2.85. The van der Waals surface area contributed by atoms with Crippen LogP contribution in [-0.4, -0.2) is 23.5 Å². The Balaban J connectivity index is 0.000000180. The van der Waals surface area contributed by atoms with Gasteiger partial charge in [0.15, 0.2) is 5.78 Å². The van der Waals surface area contributed by atoms with Crippen LogP contribution >= 0.6 is 0 Å². The first-order valence-electron chi connectivity index (χ1n) is 5.87. The molecule has 0 amide bonds. The highest BCUT2D eigenvalue weighted by atomic mass is 16.7.